The summed E-state index contributed by atoms with van der Waals surface area (Å²) in [6.07, 6.45) is 2.52. The third-order valence-corrected chi connectivity index (χ3v) is 3.82. The zero-order chi connectivity index (χ0) is 19.5. The van der Waals surface area contributed by atoms with Crippen molar-refractivity contribution in [3.05, 3.63) is 24.0 Å². The molecule has 1 amide bonds. The number of rotatable bonds is 6. The van der Waals surface area contributed by atoms with Crippen LogP contribution in [-0.2, 0) is 15.9 Å². The molecule has 0 aromatic carbocycles. The minimum atomic E-state index is -1.25. The van der Waals surface area contributed by atoms with Gasteiger partial charge in [-0.2, -0.15) is 0 Å². The molecule has 25 heavy (non-hydrogen) atoms. The zero-order valence-electron chi connectivity index (χ0n) is 16.1. The molecular formula is C17H29BN2O5. The van der Waals surface area contributed by atoms with Gasteiger partial charge in [-0.1, -0.05) is 6.07 Å². The van der Waals surface area contributed by atoms with Crippen molar-refractivity contribution in [1.82, 2.24) is 10.3 Å². The van der Waals surface area contributed by atoms with Crippen LogP contribution in [-0.4, -0.2) is 45.1 Å². The second kappa shape index (κ2) is 7.72. The molecule has 8 heteroatoms. The molecule has 3 N–H and O–H groups in total. The van der Waals surface area contributed by atoms with E-state index < -0.39 is 30.0 Å². The number of hydrogen-bond donors (Lipinski definition) is 3. The fraction of sp³-hybridized carbons (Fsp3) is 0.647. The molecule has 0 fully saturated rings. The maximum absolute atomic E-state index is 11.7. The van der Waals surface area contributed by atoms with E-state index in [1.165, 1.54) is 6.20 Å². The van der Waals surface area contributed by atoms with Crippen LogP contribution in [0.4, 0.5) is 4.79 Å². The topological polar surface area (TPSA) is 101 Å². The Kier molecular flexibility index (Phi) is 6.61. The van der Waals surface area contributed by atoms with E-state index in [4.69, 9.17) is 9.39 Å². The van der Waals surface area contributed by atoms with Crippen molar-refractivity contribution in [2.75, 3.05) is 0 Å². The highest BCUT2D eigenvalue weighted by Crippen LogP contribution is 2.25. The van der Waals surface area contributed by atoms with Gasteiger partial charge in [0.1, 0.15) is 5.60 Å². The molecule has 1 aromatic heterocycles. The fourth-order valence-electron chi connectivity index (χ4n) is 1.72. The van der Waals surface area contributed by atoms with Crippen molar-refractivity contribution in [1.29, 1.82) is 0 Å². The number of ether oxygens (including phenoxy) is 1. The van der Waals surface area contributed by atoms with E-state index in [1.54, 1.807) is 60.7 Å². The van der Waals surface area contributed by atoms with Crippen LogP contribution in [0.15, 0.2) is 18.5 Å². The quantitative estimate of drug-likeness (QED) is 0.669. The number of aromatic nitrogens is 1. The molecule has 0 saturated heterocycles. The van der Waals surface area contributed by atoms with Crippen LogP contribution in [0, 0.1) is 0 Å². The third kappa shape index (κ3) is 7.01. The van der Waals surface area contributed by atoms with E-state index in [2.05, 4.69) is 10.3 Å². The number of alkyl carbamates (subject to hydrolysis) is 1. The predicted molar refractivity (Wildman–Crippen MR) is 96.4 cm³/mol. The van der Waals surface area contributed by atoms with Gasteiger partial charge in [-0.25, -0.2) is 4.79 Å². The summed E-state index contributed by atoms with van der Waals surface area (Å²) < 4.78 is 10.8. The summed E-state index contributed by atoms with van der Waals surface area (Å²) in [4.78, 5) is 15.7. The molecule has 0 aliphatic carbocycles. The number of carbonyl (C=O) groups excluding carboxylic acids is 1. The zero-order valence-corrected chi connectivity index (χ0v) is 16.1. The molecule has 0 aliphatic heterocycles. The Labute approximate surface area is 149 Å². The van der Waals surface area contributed by atoms with Crippen LogP contribution in [0.2, 0.25) is 0 Å². The third-order valence-electron chi connectivity index (χ3n) is 3.82. The van der Waals surface area contributed by atoms with Crippen LogP contribution in [0.1, 0.15) is 54.0 Å². The monoisotopic (exact) mass is 352 g/mol. The molecule has 7 nitrogen and oxygen atoms in total. The van der Waals surface area contributed by atoms with Crippen LogP contribution in [0.25, 0.3) is 0 Å². The number of pyridine rings is 1. The highest BCUT2D eigenvalue weighted by atomic mass is 16.6. The maximum atomic E-state index is 11.7. The number of carbonyl (C=O) groups is 1. The number of nitrogens with one attached hydrogen (secondary N) is 1. The average molecular weight is 352 g/mol. The standard InChI is InChI=1S/C17H29BN2O5/c1-15(2,3)24-14(21)20-10-12-8-13(11-19-9-12)18(23)25-17(6,7)16(4,5)22/h8-9,11,22-23H,10H2,1-7H3,(H,20,21). The average Bonchev–Trinajstić information content (AvgIpc) is 2.42. The fourth-order valence-corrected chi connectivity index (χ4v) is 1.72. The van der Waals surface area contributed by atoms with E-state index in [9.17, 15) is 14.9 Å². The van der Waals surface area contributed by atoms with Crippen molar-refractivity contribution < 1.29 is 24.3 Å². The van der Waals surface area contributed by atoms with Crippen molar-refractivity contribution in [2.24, 2.45) is 0 Å². The largest absolute Gasteiger partial charge is 0.493 e. The molecular weight excluding hydrogens is 323 g/mol. The predicted octanol–water partition coefficient (Wildman–Crippen LogP) is 1.36. The first-order valence-corrected chi connectivity index (χ1v) is 8.20. The Bertz CT molecular complexity index is 593. The lowest BCUT2D eigenvalue weighted by atomic mass is 9.77. The molecule has 0 bridgehead atoms. The first kappa shape index (κ1) is 21.4. The Balaban J connectivity index is 2.73. The molecule has 0 atom stereocenters. The van der Waals surface area contributed by atoms with Gasteiger partial charge in [0.15, 0.2) is 0 Å². The van der Waals surface area contributed by atoms with Gasteiger partial charge in [-0.3, -0.25) is 4.98 Å². The summed E-state index contributed by atoms with van der Waals surface area (Å²) in [5.41, 5.74) is -1.57. The first-order valence-electron chi connectivity index (χ1n) is 8.20. The van der Waals surface area contributed by atoms with E-state index in [0.717, 1.165) is 0 Å². The van der Waals surface area contributed by atoms with Gasteiger partial charge >= 0.3 is 13.2 Å². The van der Waals surface area contributed by atoms with Crippen molar-refractivity contribution >= 4 is 18.7 Å². The molecule has 1 rings (SSSR count). The number of nitrogens with zero attached hydrogens (tertiary/aromatic N) is 1. The van der Waals surface area contributed by atoms with Crippen LogP contribution in [0.3, 0.4) is 0 Å². The molecule has 1 aromatic rings. The van der Waals surface area contributed by atoms with E-state index >= 15 is 0 Å². The molecule has 0 radical (unpaired) electrons. The summed E-state index contributed by atoms with van der Waals surface area (Å²) in [7, 11) is -1.25. The van der Waals surface area contributed by atoms with Gasteiger partial charge in [0.05, 0.1) is 11.2 Å². The number of hydrogen-bond acceptors (Lipinski definition) is 6. The van der Waals surface area contributed by atoms with Gasteiger partial charge in [0.25, 0.3) is 0 Å². The summed E-state index contributed by atoms with van der Waals surface area (Å²) >= 11 is 0. The lowest BCUT2D eigenvalue weighted by molar-refractivity contribution is -0.0982. The van der Waals surface area contributed by atoms with Gasteiger partial charge in [-0.15, -0.1) is 0 Å². The molecule has 140 valence electrons. The van der Waals surface area contributed by atoms with Crippen LogP contribution < -0.4 is 10.8 Å². The highest BCUT2D eigenvalue weighted by Gasteiger charge is 2.39. The SMILES string of the molecule is CC(C)(C)OC(=O)NCc1cncc(B(O)OC(C)(C)C(C)(C)O)c1. The van der Waals surface area contributed by atoms with Crippen molar-refractivity contribution in [2.45, 2.75) is 71.8 Å². The van der Waals surface area contributed by atoms with Crippen molar-refractivity contribution in [3.8, 4) is 0 Å². The normalized spacial score (nSPS) is 12.7. The second-order valence-corrected chi connectivity index (χ2v) is 8.02. The number of amides is 1. The Hall–Kier alpha value is -1.64. The van der Waals surface area contributed by atoms with Crippen LogP contribution in [0.5, 0.6) is 0 Å². The van der Waals surface area contributed by atoms with E-state index in [-0.39, 0.29) is 6.54 Å². The highest BCUT2D eigenvalue weighted by molar-refractivity contribution is 6.60. The minimum Gasteiger partial charge on any atom is -0.444 e. The second-order valence-electron chi connectivity index (χ2n) is 8.02. The lowest BCUT2D eigenvalue weighted by Crippen LogP contribution is -2.53. The molecule has 1 heterocycles. The Morgan fingerprint density at radius 2 is 1.80 bits per heavy atom. The minimum absolute atomic E-state index is 0.206. The first-order chi connectivity index (χ1) is 11.2. The molecule has 0 saturated carbocycles. The summed E-state index contributed by atoms with van der Waals surface area (Å²) in [6.45, 7) is 12.2. The smallest absolute Gasteiger partial charge is 0.444 e. The van der Waals surface area contributed by atoms with E-state index in [1.807, 2.05) is 0 Å². The van der Waals surface area contributed by atoms with Crippen LogP contribution >= 0.6 is 0 Å². The van der Waals surface area contributed by atoms with Crippen molar-refractivity contribution in [3.63, 3.8) is 0 Å². The Morgan fingerprint density at radius 3 is 2.32 bits per heavy atom. The maximum Gasteiger partial charge on any atom is 0.493 e. The van der Waals surface area contributed by atoms with Gasteiger partial charge in [0, 0.05) is 24.4 Å². The van der Waals surface area contributed by atoms with Gasteiger partial charge in [0.2, 0.25) is 0 Å². The van der Waals surface area contributed by atoms with Gasteiger partial charge < -0.3 is 24.8 Å². The molecule has 0 spiro atoms. The van der Waals surface area contributed by atoms with Gasteiger partial charge in [-0.05, 0) is 54.0 Å². The van der Waals surface area contributed by atoms with E-state index in [0.29, 0.717) is 11.0 Å². The summed E-state index contributed by atoms with van der Waals surface area (Å²) in [5, 5.41) is 23.0. The Morgan fingerprint density at radius 1 is 1.20 bits per heavy atom. The number of aliphatic hydroxyl groups is 1. The summed E-state index contributed by atoms with van der Waals surface area (Å²) in [6, 6.07) is 1.68. The molecule has 0 aliphatic rings. The lowest BCUT2D eigenvalue weighted by Gasteiger charge is -2.38. The summed E-state index contributed by atoms with van der Waals surface area (Å²) in [5.74, 6) is 0. The molecule has 0 unspecified atom stereocenters.